The molecule has 2 unspecified atom stereocenters. The number of halogens is 1. The Kier molecular flexibility index (Phi) is 10.8. The number of piperazine rings is 1. The van der Waals surface area contributed by atoms with E-state index in [0.29, 0.717) is 12.0 Å². The zero-order chi connectivity index (χ0) is 20.0. The third-order valence-corrected chi connectivity index (χ3v) is 5.56. The van der Waals surface area contributed by atoms with Gasteiger partial charge in [0, 0.05) is 65.1 Å². The van der Waals surface area contributed by atoms with E-state index in [9.17, 15) is 0 Å². The van der Waals surface area contributed by atoms with Crippen molar-refractivity contribution in [2.75, 3.05) is 53.4 Å². The second-order valence-electron chi connectivity index (χ2n) is 8.18. The van der Waals surface area contributed by atoms with E-state index in [-0.39, 0.29) is 24.0 Å². The van der Waals surface area contributed by atoms with Crippen LogP contribution in [-0.4, -0.2) is 84.9 Å². The van der Waals surface area contributed by atoms with E-state index in [1.807, 2.05) is 18.8 Å². The van der Waals surface area contributed by atoms with Crippen LogP contribution in [0.25, 0.3) is 0 Å². The van der Waals surface area contributed by atoms with Crippen molar-refractivity contribution in [3.63, 3.8) is 0 Å². The first-order chi connectivity index (χ1) is 12.8. The third-order valence-electron chi connectivity index (χ3n) is 5.56. The van der Waals surface area contributed by atoms with Crippen LogP contribution in [0.1, 0.15) is 30.8 Å². The Morgan fingerprint density at radius 3 is 2.32 bits per heavy atom. The molecule has 1 saturated heterocycles. The standard InChI is InChI=1S/C20H39N7.HI/c1-15(14-27-10-8-25(6)9-11-27)13-22-20(21-5)23-16(2)12-19-17(3)24-26(7)18(19)4;/h15-16H,8-14H2,1-7H3,(H2,21,22,23);1H. The lowest BCUT2D eigenvalue weighted by atomic mass is 10.1. The maximum Gasteiger partial charge on any atom is 0.191 e. The smallest absolute Gasteiger partial charge is 0.191 e. The van der Waals surface area contributed by atoms with Gasteiger partial charge in [-0.2, -0.15) is 5.10 Å². The Morgan fingerprint density at radius 1 is 1.14 bits per heavy atom. The molecule has 1 aliphatic rings. The molecule has 2 rings (SSSR count). The zero-order valence-corrected chi connectivity index (χ0v) is 21.1. The van der Waals surface area contributed by atoms with Crippen LogP contribution in [0.2, 0.25) is 0 Å². The molecule has 0 bridgehead atoms. The third kappa shape index (κ3) is 7.51. The SMILES string of the molecule is CN=C(NCC(C)CN1CCN(C)CC1)NC(C)Cc1c(C)nn(C)c1C.I. The van der Waals surface area contributed by atoms with Crippen molar-refractivity contribution in [2.24, 2.45) is 18.0 Å². The molecule has 1 aliphatic heterocycles. The van der Waals surface area contributed by atoms with E-state index in [4.69, 9.17) is 0 Å². The summed E-state index contributed by atoms with van der Waals surface area (Å²) in [4.78, 5) is 9.37. The Bertz CT molecular complexity index is 620. The molecule has 0 amide bonds. The van der Waals surface area contributed by atoms with Crippen molar-refractivity contribution in [1.29, 1.82) is 0 Å². The average molecular weight is 505 g/mol. The molecule has 2 atom stereocenters. The van der Waals surface area contributed by atoms with Gasteiger partial charge in [-0.05, 0) is 45.7 Å². The molecular formula is C20H40IN7. The van der Waals surface area contributed by atoms with Gasteiger partial charge in [0.15, 0.2) is 5.96 Å². The maximum absolute atomic E-state index is 4.52. The Hall–Kier alpha value is -0.870. The largest absolute Gasteiger partial charge is 0.356 e. The molecule has 28 heavy (non-hydrogen) atoms. The summed E-state index contributed by atoms with van der Waals surface area (Å²) in [5.74, 6) is 1.47. The fourth-order valence-corrected chi connectivity index (χ4v) is 3.70. The van der Waals surface area contributed by atoms with Crippen molar-refractivity contribution in [3.05, 3.63) is 17.0 Å². The molecular weight excluding hydrogens is 465 g/mol. The number of rotatable bonds is 7. The van der Waals surface area contributed by atoms with E-state index in [2.05, 4.69) is 65.3 Å². The van der Waals surface area contributed by atoms with Gasteiger partial charge in [0.05, 0.1) is 5.69 Å². The van der Waals surface area contributed by atoms with Gasteiger partial charge in [0.25, 0.3) is 0 Å². The van der Waals surface area contributed by atoms with Crippen molar-refractivity contribution < 1.29 is 0 Å². The number of aromatic nitrogens is 2. The first kappa shape index (κ1) is 25.2. The molecule has 2 N–H and O–H groups in total. The predicted octanol–water partition coefficient (Wildman–Crippen LogP) is 1.63. The summed E-state index contributed by atoms with van der Waals surface area (Å²) in [5.41, 5.74) is 3.69. The van der Waals surface area contributed by atoms with Gasteiger partial charge in [-0.3, -0.25) is 9.67 Å². The number of nitrogens with one attached hydrogen (secondary N) is 2. The first-order valence-electron chi connectivity index (χ1n) is 10.2. The lowest BCUT2D eigenvalue weighted by molar-refractivity contribution is 0.139. The number of guanidine groups is 1. The molecule has 0 aromatic carbocycles. The van der Waals surface area contributed by atoms with E-state index >= 15 is 0 Å². The lowest BCUT2D eigenvalue weighted by Gasteiger charge is -2.34. The van der Waals surface area contributed by atoms with Crippen molar-refractivity contribution in [2.45, 2.75) is 40.2 Å². The Morgan fingerprint density at radius 2 is 1.79 bits per heavy atom. The van der Waals surface area contributed by atoms with Crippen LogP contribution in [0.3, 0.4) is 0 Å². The summed E-state index contributed by atoms with van der Waals surface area (Å²) >= 11 is 0. The number of aliphatic imine (C=N–C) groups is 1. The summed E-state index contributed by atoms with van der Waals surface area (Å²) in [5, 5.41) is 11.5. The molecule has 162 valence electrons. The molecule has 0 radical (unpaired) electrons. The fourth-order valence-electron chi connectivity index (χ4n) is 3.70. The van der Waals surface area contributed by atoms with Gasteiger partial charge in [-0.15, -0.1) is 24.0 Å². The van der Waals surface area contributed by atoms with Crippen LogP contribution in [0.4, 0.5) is 0 Å². The molecule has 1 aromatic rings. The number of likely N-dealkylation sites (N-methyl/N-ethyl adjacent to an activating group) is 1. The number of aryl methyl sites for hydroxylation is 2. The van der Waals surface area contributed by atoms with Crippen LogP contribution in [-0.2, 0) is 13.5 Å². The number of hydrogen-bond donors (Lipinski definition) is 2. The minimum absolute atomic E-state index is 0. The summed E-state index contributed by atoms with van der Waals surface area (Å²) < 4.78 is 1.96. The second-order valence-corrected chi connectivity index (χ2v) is 8.18. The van der Waals surface area contributed by atoms with Gasteiger partial charge in [-0.25, -0.2) is 0 Å². The van der Waals surface area contributed by atoms with Gasteiger partial charge in [-0.1, -0.05) is 6.92 Å². The quantitative estimate of drug-likeness (QED) is 0.335. The topological polar surface area (TPSA) is 60.7 Å². The van der Waals surface area contributed by atoms with Crippen LogP contribution >= 0.6 is 24.0 Å². The summed E-state index contributed by atoms with van der Waals surface area (Å²) in [6.07, 6.45) is 0.947. The van der Waals surface area contributed by atoms with E-state index in [0.717, 1.165) is 31.2 Å². The van der Waals surface area contributed by atoms with Gasteiger partial charge < -0.3 is 20.4 Å². The van der Waals surface area contributed by atoms with Gasteiger partial charge in [0.2, 0.25) is 0 Å². The summed E-state index contributed by atoms with van der Waals surface area (Å²) in [6.45, 7) is 15.5. The molecule has 2 heterocycles. The van der Waals surface area contributed by atoms with Crippen LogP contribution in [0.15, 0.2) is 4.99 Å². The molecule has 7 nitrogen and oxygen atoms in total. The molecule has 0 saturated carbocycles. The van der Waals surface area contributed by atoms with Crippen molar-refractivity contribution in [1.82, 2.24) is 30.2 Å². The monoisotopic (exact) mass is 505 g/mol. The average Bonchev–Trinajstić information content (AvgIpc) is 2.86. The highest BCUT2D eigenvalue weighted by molar-refractivity contribution is 14.0. The predicted molar refractivity (Wildman–Crippen MR) is 129 cm³/mol. The van der Waals surface area contributed by atoms with Gasteiger partial charge in [0.1, 0.15) is 0 Å². The molecule has 1 aromatic heterocycles. The minimum atomic E-state index is 0. The molecule has 0 aliphatic carbocycles. The van der Waals surface area contributed by atoms with Crippen molar-refractivity contribution >= 4 is 29.9 Å². The summed E-state index contributed by atoms with van der Waals surface area (Å²) in [6, 6.07) is 0.297. The minimum Gasteiger partial charge on any atom is -0.356 e. The highest BCUT2D eigenvalue weighted by Gasteiger charge is 2.17. The van der Waals surface area contributed by atoms with E-state index in [1.54, 1.807) is 0 Å². The summed E-state index contributed by atoms with van der Waals surface area (Å²) in [7, 11) is 6.05. The normalized spacial score (nSPS) is 18.5. The Balaban J connectivity index is 0.00000392. The highest BCUT2D eigenvalue weighted by Crippen LogP contribution is 2.14. The first-order valence-corrected chi connectivity index (χ1v) is 10.2. The molecule has 8 heteroatoms. The Labute approximate surface area is 188 Å². The van der Waals surface area contributed by atoms with Crippen molar-refractivity contribution in [3.8, 4) is 0 Å². The van der Waals surface area contributed by atoms with Gasteiger partial charge >= 0.3 is 0 Å². The number of hydrogen-bond acceptors (Lipinski definition) is 4. The zero-order valence-electron chi connectivity index (χ0n) is 18.7. The van der Waals surface area contributed by atoms with Crippen LogP contribution in [0.5, 0.6) is 0 Å². The highest BCUT2D eigenvalue weighted by atomic mass is 127. The fraction of sp³-hybridized carbons (Fsp3) is 0.800. The molecule has 0 spiro atoms. The van der Waals surface area contributed by atoms with E-state index in [1.165, 1.54) is 37.4 Å². The maximum atomic E-state index is 4.52. The van der Waals surface area contributed by atoms with Crippen LogP contribution in [0, 0.1) is 19.8 Å². The van der Waals surface area contributed by atoms with Crippen LogP contribution < -0.4 is 10.6 Å². The van der Waals surface area contributed by atoms with E-state index < -0.39 is 0 Å². The second kappa shape index (κ2) is 12.0. The molecule has 1 fully saturated rings. The lowest BCUT2D eigenvalue weighted by Crippen LogP contribution is -2.48. The number of nitrogens with zero attached hydrogens (tertiary/aromatic N) is 5.